The molecule has 0 atom stereocenters. The van der Waals surface area contributed by atoms with Crippen molar-refractivity contribution in [2.45, 2.75) is 17.8 Å². The van der Waals surface area contributed by atoms with Crippen molar-refractivity contribution < 1.29 is 39.5 Å². The van der Waals surface area contributed by atoms with E-state index in [0.29, 0.717) is 0 Å². The lowest BCUT2D eigenvalue weighted by Gasteiger charge is -2.23. The number of benzene rings is 1. The maximum absolute atomic E-state index is 13.2. The predicted molar refractivity (Wildman–Crippen MR) is 44.1 cm³/mol. The molecular weight excluding hydrogens is 315 g/mol. The normalized spacial score (nSPS) is 22.4. The highest BCUT2D eigenvalue weighted by Crippen LogP contribution is 2.64. The van der Waals surface area contributed by atoms with E-state index in [-0.39, 0.29) is 0 Å². The second-order valence-electron chi connectivity index (χ2n) is 3.73. The molecular formula is C9ClF9. The minimum Gasteiger partial charge on any atom is -0.205 e. The summed E-state index contributed by atoms with van der Waals surface area (Å²) in [5.41, 5.74) is -5.35. The van der Waals surface area contributed by atoms with E-state index < -0.39 is 51.4 Å². The lowest BCUT2D eigenvalue weighted by atomic mass is 10.1. The third-order valence-corrected chi connectivity index (χ3v) is 3.02. The minimum absolute atomic E-state index is 1.90. The Morgan fingerprint density at radius 1 is 0.632 bits per heavy atom. The van der Waals surface area contributed by atoms with Crippen LogP contribution in [0.4, 0.5) is 39.5 Å². The molecule has 0 amide bonds. The van der Waals surface area contributed by atoms with E-state index >= 15 is 0 Å². The van der Waals surface area contributed by atoms with Gasteiger partial charge in [0.25, 0.3) is 0 Å². The van der Waals surface area contributed by atoms with E-state index in [1.165, 1.54) is 0 Å². The van der Waals surface area contributed by atoms with Crippen LogP contribution in [-0.4, -0.2) is 5.92 Å². The van der Waals surface area contributed by atoms with Crippen molar-refractivity contribution in [3.05, 3.63) is 33.6 Å². The molecule has 0 nitrogen and oxygen atoms in total. The SMILES string of the molecule is Fc1c(F)c2c(c(F)c1Cl)C(F)(F)C(F)(F)C2(F)F. The molecule has 0 saturated heterocycles. The molecule has 0 fully saturated rings. The first-order valence-corrected chi connectivity index (χ1v) is 4.77. The molecule has 1 aromatic rings. The first kappa shape index (κ1) is 14.3. The summed E-state index contributed by atoms with van der Waals surface area (Å²) in [6.07, 6.45) is 0. The standard InChI is InChI=1S/C9ClF9/c10-3-4(11)1-2(5(12)6(3)13)8(16,17)9(18,19)7(1,14)15. The van der Waals surface area contributed by atoms with Gasteiger partial charge in [0.15, 0.2) is 17.5 Å². The highest BCUT2D eigenvalue weighted by molar-refractivity contribution is 6.31. The van der Waals surface area contributed by atoms with Crippen LogP contribution in [0.2, 0.25) is 5.02 Å². The Morgan fingerprint density at radius 2 is 1.00 bits per heavy atom. The molecule has 1 aliphatic carbocycles. The van der Waals surface area contributed by atoms with Crippen LogP contribution in [0.15, 0.2) is 0 Å². The zero-order valence-electron chi connectivity index (χ0n) is 8.28. The van der Waals surface area contributed by atoms with Gasteiger partial charge in [0, 0.05) is 0 Å². The molecule has 0 aromatic heterocycles. The van der Waals surface area contributed by atoms with Gasteiger partial charge in [-0.2, -0.15) is 26.3 Å². The molecule has 19 heavy (non-hydrogen) atoms. The van der Waals surface area contributed by atoms with Gasteiger partial charge < -0.3 is 0 Å². The predicted octanol–water partition coefficient (Wildman–Crippen LogP) is 4.59. The zero-order chi connectivity index (χ0) is 15.0. The number of hydrogen-bond acceptors (Lipinski definition) is 0. The second kappa shape index (κ2) is 3.50. The first-order valence-electron chi connectivity index (χ1n) is 4.39. The monoisotopic (exact) mass is 314 g/mol. The lowest BCUT2D eigenvalue weighted by Crippen LogP contribution is -2.43. The van der Waals surface area contributed by atoms with Crippen molar-refractivity contribution in [3.8, 4) is 0 Å². The molecule has 0 spiro atoms. The molecule has 0 N–H and O–H groups in total. The molecule has 10 heteroatoms. The summed E-state index contributed by atoms with van der Waals surface area (Å²) in [4.78, 5) is 0. The second-order valence-corrected chi connectivity index (χ2v) is 4.11. The summed E-state index contributed by atoms with van der Waals surface area (Å²) in [6.45, 7) is 0. The van der Waals surface area contributed by atoms with Crippen LogP contribution in [0.1, 0.15) is 11.1 Å². The minimum atomic E-state index is -6.11. The Labute approximate surface area is 103 Å². The lowest BCUT2D eigenvalue weighted by molar-refractivity contribution is -0.303. The highest BCUT2D eigenvalue weighted by atomic mass is 35.5. The topological polar surface area (TPSA) is 0 Å². The summed E-state index contributed by atoms with van der Waals surface area (Å²) in [5.74, 6) is -25.3. The van der Waals surface area contributed by atoms with Crippen molar-refractivity contribution in [1.82, 2.24) is 0 Å². The largest absolute Gasteiger partial charge is 0.380 e. The van der Waals surface area contributed by atoms with E-state index in [9.17, 15) is 39.5 Å². The van der Waals surface area contributed by atoms with Crippen LogP contribution in [0.25, 0.3) is 0 Å². The fourth-order valence-electron chi connectivity index (χ4n) is 1.73. The number of fused-ring (bicyclic) bond motifs is 1. The van der Waals surface area contributed by atoms with Gasteiger partial charge in [-0.15, -0.1) is 0 Å². The smallest absolute Gasteiger partial charge is 0.205 e. The Morgan fingerprint density at radius 3 is 1.42 bits per heavy atom. The fourth-order valence-corrected chi connectivity index (χ4v) is 1.91. The molecule has 1 aromatic carbocycles. The van der Waals surface area contributed by atoms with Crippen LogP contribution in [0.3, 0.4) is 0 Å². The van der Waals surface area contributed by atoms with Gasteiger partial charge in [-0.1, -0.05) is 11.6 Å². The fraction of sp³-hybridized carbons (Fsp3) is 0.333. The molecule has 106 valence electrons. The van der Waals surface area contributed by atoms with Gasteiger partial charge in [-0.25, -0.2) is 13.2 Å². The summed E-state index contributed by atoms with van der Waals surface area (Å²) in [6, 6.07) is 0. The van der Waals surface area contributed by atoms with Crippen molar-refractivity contribution in [2.24, 2.45) is 0 Å². The summed E-state index contributed by atoms with van der Waals surface area (Å²) in [7, 11) is 0. The Kier molecular flexibility index (Phi) is 2.63. The summed E-state index contributed by atoms with van der Waals surface area (Å²) < 4.78 is 118. The first-order chi connectivity index (χ1) is 8.39. The maximum Gasteiger partial charge on any atom is 0.380 e. The van der Waals surface area contributed by atoms with Crippen LogP contribution < -0.4 is 0 Å². The molecule has 0 aliphatic heterocycles. The maximum atomic E-state index is 13.2. The summed E-state index contributed by atoms with van der Waals surface area (Å²) in [5, 5.41) is -1.90. The van der Waals surface area contributed by atoms with Gasteiger partial charge in [-0.05, 0) is 0 Å². The third-order valence-electron chi connectivity index (χ3n) is 2.68. The van der Waals surface area contributed by atoms with Crippen LogP contribution >= 0.6 is 11.6 Å². The van der Waals surface area contributed by atoms with Crippen LogP contribution in [0.5, 0.6) is 0 Å². The highest BCUT2D eigenvalue weighted by Gasteiger charge is 2.81. The Bertz CT molecular complexity index is 529. The summed E-state index contributed by atoms with van der Waals surface area (Å²) >= 11 is 4.77. The van der Waals surface area contributed by atoms with Gasteiger partial charge in [0.1, 0.15) is 5.02 Å². The van der Waals surface area contributed by atoms with Crippen molar-refractivity contribution in [3.63, 3.8) is 0 Å². The van der Waals surface area contributed by atoms with Crippen molar-refractivity contribution in [1.29, 1.82) is 0 Å². The number of alkyl halides is 6. The van der Waals surface area contributed by atoms with E-state index in [1.54, 1.807) is 0 Å². The van der Waals surface area contributed by atoms with Crippen molar-refractivity contribution in [2.75, 3.05) is 0 Å². The van der Waals surface area contributed by atoms with Gasteiger partial charge in [-0.3, -0.25) is 0 Å². The average molecular weight is 315 g/mol. The van der Waals surface area contributed by atoms with E-state index in [2.05, 4.69) is 0 Å². The van der Waals surface area contributed by atoms with Crippen LogP contribution in [0, 0.1) is 17.5 Å². The molecule has 0 unspecified atom stereocenters. The van der Waals surface area contributed by atoms with Gasteiger partial charge in [0.2, 0.25) is 0 Å². The third kappa shape index (κ3) is 1.34. The molecule has 0 bridgehead atoms. The van der Waals surface area contributed by atoms with E-state index in [1.807, 2.05) is 0 Å². The quantitative estimate of drug-likeness (QED) is 0.373. The molecule has 0 radical (unpaired) electrons. The Balaban J connectivity index is 3.02. The molecule has 2 rings (SSSR count). The van der Waals surface area contributed by atoms with Crippen LogP contribution in [-0.2, 0) is 11.8 Å². The van der Waals surface area contributed by atoms with Crippen molar-refractivity contribution >= 4 is 11.6 Å². The number of rotatable bonds is 0. The number of halogens is 10. The zero-order valence-corrected chi connectivity index (χ0v) is 9.04. The van der Waals surface area contributed by atoms with Gasteiger partial charge >= 0.3 is 17.8 Å². The molecule has 0 saturated carbocycles. The average Bonchev–Trinajstić information content (AvgIpc) is 2.39. The van der Waals surface area contributed by atoms with Gasteiger partial charge in [0.05, 0.1) is 11.1 Å². The molecule has 1 aliphatic rings. The van der Waals surface area contributed by atoms with E-state index in [0.717, 1.165) is 0 Å². The Hall–Kier alpha value is -1.12. The number of hydrogen-bond donors (Lipinski definition) is 0. The molecule has 0 heterocycles. The van der Waals surface area contributed by atoms with E-state index in [4.69, 9.17) is 11.6 Å².